The molecule has 0 aliphatic heterocycles. The summed E-state index contributed by atoms with van der Waals surface area (Å²) in [6.07, 6.45) is 7.91. The summed E-state index contributed by atoms with van der Waals surface area (Å²) in [7, 11) is 2.10. The number of nitrogens with one attached hydrogen (secondary N) is 1. The van der Waals surface area contributed by atoms with Crippen molar-refractivity contribution < 1.29 is 0 Å². The van der Waals surface area contributed by atoms with Crippen molar-refractivity contribution in [3.8, 4) is 0 Å². The molecule has 1 aromatic rings. The molecule has 2 rings (SSSR count). The molecular formula is C17H31N3. The third kappa shape index (κ3) is 3.25. The normalized spacial score (nSPS) is 24.8. The maximum Gasteiger partial charge on any atom is 0.0625 e. The van der Waals surface area contributed by atoms with E-state index in [4.69, 9.17) is 0 Å². The van der Waals surface area contributed by atoms with Crippen LogP contribution in [0, 0.1) is 11.8 Å². The quantitative estimate of drug-likeness (QED) is 0.856. The van der Waals surface area contributed by atoms with E-state index in [0.29, 0.717) is 6.04 Å². The summed E-state index contributed by atoms with van der Waals surface area (Å²) in [5.74, 6) is 1.64. The van der Waals surface area contributed by atoms with Crippen molar-refractivity contribution in [1.82, 2.24) is 15.1 Å². The molecule has 3 heteroatoms. The molecule has 1 aliphatic carbocycles. The van der Waals surface area contributed by atoms with Gasteiger partial charge in [0.25, 0.3) is 0 Å². The van der Waals surface area contributed by atoms with Gasteiger partial charge in [0.1, 0.15) is 0 Å². The van der Waals surface area contributed by atoms with E-state index in [2.05, 4.69) is 49.0 Å². The molecule has 1 heterocycles. The van der Waals surface area contributed by atoms with Gasteiger partial charge in [0.15, 0.2) is 0 Å². The summed E-state index contributed by atoms with van der Waals surface area (Å²) in [5, 5.41) is 8.40. The number of rotatable bonds is 6. The Morgan fingerprint density at radius 3 is 2.65 bits per heavy atom. The minimum Gasteiger partial charge on any atom is -0.309 e. The standard InChI is InChI=1S/C17H31N3/c1-5-13-10-8-9-11-15(13)17(18-7-3)16-12-14(6-2)19-20(16)4/h12-13,15,17-18H,5-11H2,1-4H3. The highest BCUT2D eigenvalue weighted by Gasteiger charge is 2.32. The molecule has 1 aromatic heterocycles. The molecule has 0 bridgehead atoms. The first-order valence-electron chi connectivity index (χ1n) is 8.47. The van der Waals surface area contributed by atoms with Crippen molar-refractivity contribution in [2.45, 2.75) is 65.3 Å². The van der Waals surface area contributed by atoms with Crippen molar-refractivity contribution in [2.24, 2.45) is 18.9 Å². The number of aromatic nitrogens is 2. The predicted molar refractivity (Wildman–Crippen MR) is 84.7 cm³/mol. The van der Waals surface area contributed by atoms with Crippen LogP contribution >= 0.6 is 0 Å². The second kappa shape index (κ2) is 7.26. The Bertz CT molecular complexity index is 410. The predicted octanol–water partition coefficient (Wildman–Crippen LogP) is 3.85. The zero-order chi connectivity index (χ0) is 14.5. The lowest BCUT2D eigenvalue weighted by Gasteiger charge is -2.37. The van der Waals surface area contributed by atoms with E-state index >= 15 is 0 Å². The van der Waals surface area contributed by atoms with Crippen LogP contribution in [0.2, 0.25) is 0 Å². The lowest BCUT2D eigenvalue weighted by molar-refractivity contribution is 0.172. The zero-order valence-electron chi connectivity index (χ0n) is 13.7. The van der Waals surface area contributed by atoms with Crippen LogP contribution in [-0.4, -0.2) is 16.3 Å². The molecule has 3 nitrogen and oxygen atoms in total. The molecule has 3 atom stereocenters. The number of aryl methyl sites for hydroxylation is 2. The van der Waals surface area contributed by atoms with Gasteiger partial charge in [-0.1, -0.05) is 46.5 Å². The summed E-state index contributed by atoms with van der Waals surface area (Å²) in [6, 6.07) is 2.79. The summed E-state index contributed by atoms with van der Waals surface area (Å²) in [4.78, 5) is 0. The van der Waals surface area contributed by atoms with Crippen LogP contribution in [0.15, 0.2) is 6.07 Å². The molecule has 0 amide bonds. The molecule has 1 fully saturated rings. The SMILES string of the molecule is CCNC(c1cc(CC)nn1C)C1CCCCC1CC. The van der Waals surface area contributed by atoms with Gasteiger partial charge in [-0.25, -0.2) is 0 Å². The van der Waals surface area contributed by atoms with Crippen LogP contribution in [-0.2, 0) is 13.5 Å². The monoisotopic (exact) mass is 277 g/mol. The van der Waals surface area contributed by atoms with Gasteiger partial charge in [0, 0.05) is 7.05 Å². The van der Waals surface area contributed by atoms with Gasteiger partial charge < -0.3 is 5.32 Å². The molecule has 0 aromatic carbocycles. The van der Waals surface area contributed by atoms with Crippen LogP contribution in [0.25, 0.3) is 0 Å². The smallest absolute Gasteiger partial charge is 0.0625 e. The molecule has 114 valence electrons. The van der Waals surface area contributed by atoms with Crippen LogP contribution < -0.4 is 5.32 Å². The number of nitrogens with zero attached hydrogens (tertiary/aromatic N) is 2. The van der Waals surface area contributed by atoms with Gasteiger partial charge in [0.05, 0.1) is 17.4 Å². The minimum absolute atomic E-state index is 0.475. The van der Waals surface area contributed by atoms with Gasteiger partial charge >= 0.3 is 0 Å². The molecule has 3 unspecified atom stereocenters. The Morgan fingerprint density at radius 1 is 1.30 bits per heavy atom. The Balaban J connectivity index is 2.26. The summed E-state index contributed by atoms with van der Waals surface area (Å²) in [5.41, 5.74) is 2.60. The first-order valence-corrected chi connectivity index (χ1v) is 8.47. The van der Waals surface area contributed by atoms with E-state index < -0.39 is 0 Å². The molecule has 1 aliphatic rings. The molecule has 0 saturated heterocycles. The molecule has 0 spiro atoms. The van der Waals surface area contributed by atoms with Crippen molar-refractivity contribution in [3.05, 3.63) is 17.5 Å². The third-order valence-corrected chi connectivity index (χ3v) is 4.99. The highest BCUT2D eigenvalue weighted by atomic mass is 15.3. The number of hydrogen-bond acceptors (Lipinski definition) is 2. The average molecular weight is 277 g/mol. The molecule has 1 N–H and O–H groups in total. The van der Waals surface area contributed by atoms with Crippen molar-refractivity contribution in [1.29, 1.82) is 0 Å². The fourth-order valence-electron chi connectivity index (χ4n) is 3.88. The van der Waals surface area contributed by atoms with Gasteiger partial charge in [-0.05, 0) is 37.3 Å². The second-order valence-corrected chi connectivity index (χ2v) is 6.19. The van der Waals surface area contributed by atoms with Crippen LogP contribution in [0.3, 0.4) is 0 Å². The van der Waals surface area contributed by atoms with E-state index in [1.165, 1.54) is 43.5 Å². The van der Waals surface area contributed by atoms with E-state index in [1.54, 1.807) is 0 Å². The highest BCUT2D eigenvalue weighted by molar-refractivity contribution is 5.16. The Morgan fingerprint density at radius 2 is 2.05 bits per heavy atom. The fraction of sp³-hybridized carbons (Fsp3) is 0.824. The third-order valence-electron chi connectivity index (χ3n) is 4.99. The van der Waals surface area contributed by atoms with Crippen LogP contribution in [0.5, 0.6) is 0 Å². The topological polar surface area (TPSA) is 29.9 Å². The Hall–Kier alpha value is -0.830. The van der Waals surface area contributed by atoms with E-state index in [0.717, 1.165) is 24.8 Å². The molecule has 0 radical (unpaired) electrons. The molecular weight excluding hydrogens is 246 g/mol. The van der Waals surface area contributed by atoms with E-state index in [9.17, 15) is 0 Å². The van der Waals surface area contributed by atoms with Crippen molar-refractivity contribution in [3.63, 3.8) is 0 Å². The first kappa shape index (κ1) is 15.6. The maximum atomic E-state index is 4.65. The minimum atomic E-state index is 0.475. The van der Waals surface area contributed by atoms with Gasteiger partial charge in [-0.2, -0.15) is 5.10 Å². The van der Waals surface area contributed by atoms with Gasteiger partial charge in [-0.15, -0.1) is 0 Å². The fourth-order valence-corrected chi connectivity index (χ4v) is 3.88. The largest absolute Gasteiger partial charge is 0.309 e. The van der Waals surface area contributed by atoms with Crippen LogP contribution in [0.4, 0.5) is 0 Å². The van der Waals surface area contributed by atoms with Gasteiger partial charge in [-0.3, -0.25) is 4.68 Å². The van der Waals surface area contributed by atoms with Crippen molar-refractivity contribution >= 4 is 0 Å². The lowest BCUT2D eigenvalue weighted by Crippen LogP contribution is -2.35. The molecule has 1 saturated carbocycles. The zero-order valence-corrected chi connectivity index (χ0v) is 13.7. The maximum absolute atomic E-state index is 4.65. The van der Waals surface area contributed by atoms with Crippen molar-refractivity contribution in [2.75, 3.05) is 6.54 Å². The second-order valence-electron chi connectivity index (χ2n) is 6.19. The highest BCUT2D eigenvalue weighted by Crippen LogP contribution is 2.40. The average Bonchev–Trinajstić information content (AvgIpc) is 2.86. The van der Waals surface area contributed by atoms with Crippen LogP contribution in [0.1, 0.15) is 70.3 Å². The summed E-state index contributed by atoms with van der Waals surface area (Å²) >= 11 is 0. The Labute approximate surface area is 124 Å². The van der Waals surface area contributed by atoms with E-state index in [-0.39, 0.29) is 0 Å². The number of hydrogen-bond donors (Lipinski definition) is 1. The first-order chi connectivity index (χ1) is 9.71. The molecule has 20 heavy (non-hydrogen) atoms. The Kier molecular flexibility index (Phi) is 5.64. The summed E-state index contributed by atoms with van der Waals surface area (Å²) < 4.78 is 2.10. The van der Waals surface area contributed by atoms with E-state index in [1.807, 2.05) is 0 Å². The van der Waals surface area contributed by atoms with Gasteiger partial charge in [0.2, 0.25) is 0 Å². The summed E-state index contributed by atoms with van der Waals surface area (Å²) in [6.45, 7) is 7.79. The lowest BCUT2D eigenvalue weighted by atomic mass is 9.73.